The second-order valence-electron chi connectivity index (χ2n) is 1.77. The van der Waals surface area contributed by atoms with Crippen LogP contribution >= 0.6 is 34.1 Å². The first-order valence-electron chi connectivity index (χ1n) is 2.10. The van der Waals surface area contributed by atoms with Gasteiger partial charge in [-0.3, -0.25) is 0 Å². The molecular weight excluding hydrogens is 283 g/mol. The van der Waals surface area contributed by atoms with Gasteiger partial charge in [0, 0.05) is 0 Å². The molecule has 0 aliphatic rings. The SMILES string of the molecule is CN(C)C.[Cl][Zr]([Cl])([Cl])[Cl]. The molecule has 0 aromatic carbocycles. The van der Waals surface area contributed by atoms with E-state index in [9.17, 15) is 0 Å². The van der Waals surface area contributed by atoms with E-state index in [-0.39, 0.29) is 0 Å². The first-order valence-corrected chi connectivity index (χ1v) is 14.8. The first kappa shape index (κ1) is 13.6. The van der Waals surface area contributed by atoms with Gasteiger partial charge in [-0.2, -0.15) is 0 Å². The molecule has 0 amide bonds. The van der Waals surface area contributed by atoms with Gasteiger partial charge in [-0.05, 0) is 21.1 Å². The van der Waals surface area contributed by atoms with Gasteiger partial charge in [-0.15, -0.1) is 0 Å². The predicted octanol–water partition coefficient (Wildman–Crippen LogP) is 2.93. The third kappa shape index (κ3) is 160. The van der Waals surface area contributed by atoms with E-state index in [1.807, 2.05) is 26.0 Å². The monoisotopic (exact) mass is 289 g/mol. The Morgan fingerprint density at radius 3 is 0.889 bits per heavy atom. The number of rotatable bonds is 0. The van der Waals surface area contributed by atoms with Crippen molar-refractivity contribution in [3.8, 4) is 0 Å². The number of hydrogen-bond acceptors (Lipinski definition) is 1. The molecule has 6 heteroatoms. The molecule has 58 valence electrons. The van der Waals surface area contributed by atoms with E-state index in [2.05, 4.69) is 0 Å². The molecule has 0 saturated heterocycles. The molecule has 0 fully saturated rings. The van der Waals surface area contributed by atoms with Crippen molar-refractivity contribution in [2.75, 3.05) is 21.1 Å². The van der Waals surface area contributed by atoms with Crippen LogP contribution in [-0.2, 0) is 15.5 Å². The van der Waals surface area contributed by atoms with E-state index in [0.29, 0.717) is 0 Å². The van der Waals surface area contributed by atoms with Crippen molar-refractivity contribution >= 4 is 34.1 Å². The Morgan fingerprint density at radius 2 is 0.889 bits per heavy atom. The van der Waals surface area contributed by atoms with E-state index < -0.39 is 15.5 Å². The first-order chi connectivity index (χ1) is 3.73. The fraction of sp³-hybridized carbons (Fsp3) is 1.00. The third-order valence-corrected chi connectivity index (χ3v) is 0. The van der Waals surface area contributed by atoms with Crippen LogP contribution in [0.4, 0.5) is 0 Å². The molecule has 0 rings (SSSR count). The van der Waals surface area contributed by atoms with Gasteiger partial charge in [-0.25, -0.2) is 0 Å². The maximum atomic E-state index is 5.04. The molecule has 0 atom stereocenters. The Morgan fingerprint density at radius 1 is 0.889 bits per heavy atom. The molecule has 0 radical (unpaired) electrons. The maximum absolute atomic E-state index is 5.04. The Hall–Kier alpha value is 2.00. The summed E-state index contributed by atoms with van der Waals surface area (Å²) in [5.74, 6) is 0. The van der Waals surface area contributed by atoms with Crippen molar-refractivity contribution in [3.05, 3.63) is 0 Å². The zero-order valence-electron chi connectivity index (χ0n) is 5.46. The fourth-order valence-electron chi connectivity index (χ4n) is 0. The Bertz CT molecular complexity index is 52.6. The minimum atomic E-state index is -3.29. The molecular formula is C3H9Cl4NZr. The van der Waals surface area contributed by atoms with Crippen LogP contribution in [0.3, 0.4) is 0 Å². The topological polar surface area (TPSA) is 3.24 Å². The van der Waals surface area contributed by atoms with Crippen LogP contribution in [-0.4, -0.2) is 26.0 Å². The molecule has 0 heterocycles. The van der Waals surface area contributed by atoms with Crippen molar-refractivity contribution in [3.63, 3.8) is 0 Å². The second-order valence-corrected chi connectivity index (χ2v) is 24.2. The van der Waals surface area contributed by atoms with Crippen LogP contribution in [0.15, 0.2) is 0 Å². The molecule has 0 aromatic rings. The van der Waals surface area contributed by atoms with E-state index in [1.54, 1.807) is 0 Å². The van der Waals surface area contributed by atoms with Gasteiger partial charge in [0.05, 0.1) is 0 Å². The van der Waals surface area contributed by atoms with Crippen LogP contribution in [0.5, 0.6) is 0 Å². The zero-order chi connectivity index (χ0) is 8.08. The summed E-state index contributed by atoms with van der Waals surface area (Å²) in [6.07, 6.45) is 0. The van der Waals surface area contributed by atoms with Crippen LogP contribution in [0.25, 0.3) is 0 Å². The third-order valence-electron chi connectivity index (χ3n) is 0. The summed E-state index contributed by atoms with van der Waals surface area (Å²) in [6, 6.07) is 0. The second kappa shape index (κ2) is 6.70. The zero-order valence-corrected chi connectivity index (χ0v) is 10.9. The fourth-order valence-corrected chi connectivity index (χ4v) is 0. The van der Waals surface area contributed by atoms with Gasteiger partial charge in [0.2, 0.25) is 0 Å². The van der Waals surface area contributed by atoms with Crippen LogP contribution in [0, 0.1) is 0 Å². The molecule has 9 heavy (non-hydrogen) atoms. The number of nitrogens with zero attached hydrogens (tertiary/aromatic N) is 1. The molecule has 0 aliphatic heterocycles. The Kier molecular flexibility index (Phi) is 10.1. The number of hydrogen-bond donors (Lipinski definition) is 0. The van der Waals surface area contributed by atoms with Gasteiger partial charge in [0.25, 0.3) is 0 Å². The number of halogens is 4. The van der Waals surface area contributed by atoms with E-state index >= 15 is 0 Å². The van der Waals surface area contributed by atoms with Gasteiger partial charge in [0.15, 0.2) is 0 Å². The quantitative estimate of drug-likeness (QED) is 0.663. The summed E-state index contributed by atoms with van der Waals surface area (Å²) in [5, 5.41) is 0. The predicted molar refractivity (Wildman–Crippen MR) is 43.0 cm³/mol. The summed E-state index contributed by atoms with van der Waals surface area (Å²) < 4.78 is 0. The standard InChI is InChI=1S/C3H9N.4ClH.Zr/c1-4(2)3;;;;;/h1-3H3;4*1H;/q;;;;;+4/p-4. The van der Waals surface area contributed by atoms with Gasteiger partial charge in [-0.1, -0.05) is 0 Å². The molecule has 0 saturated carbocycles. The van der Waals surface area contributed by atoms with Crippen molar-refractivity contribution in [2.24, 2.45) is 0 Å². The van der Waals surface area contributed by atoms with Crippen molar-refractivity contribution in [1.82, 2.24) is 4.90 Å². The molecule has 0 unspecified atom stereocenters. The van der Waals surface area contributed by atoms with Gasteiger partial charge < -0.3 is 4.90 Å². The summed E-state index contributed by atoms with van der Waals surface area (Å²) >= 11 is -3.29. The van der Waals surface area contributed by atoms with E-state index in [4.69, 9.17) is 34.1 Å². The van der Waals surface area contributed by atoms with Crippen molar-refractivity contribution in [2.45, 2.75) is 0 Å². The Balaban J connectivity index is 0. The molecule has 0 bridgehead atoms. The van der Waals surface area contributed by atoms with Crippen molar-refractivity contribution < 1.29 is 15.5 Å². The van der Waals surface area contributed by atoms with Crippen LogP contribution in [0.2, 0.25) is 0 Å². The summed E-state index contributed by atoms with van der Waals surface area (Å²) in [7, 11) is 26.1. The normalized spacial score (nSPS) is 10.7. The molecule has 0 aliphatic carbocycles. The Labute approximate surface area is 74.8 Å². The summed E-state index contributed by atoms with van der Waals surface area (Å²) in [5.41, 5.74) is 0. The minimum absolute atomic E-state index is 2.00. The average molecular weight is 292 g/mol. The van der Waals surface area contributed by atoms with Crippen molar-refractivity contribution in [1.29, 1.82) is 0 Å². The summed E-state index contributed by atoms with van der Waals surface area (Å²) in [4.78, 5) is 2.00. The molecule has 0 spiro atoms. The van der Waals surface area contributed by atoms with Gasteiger partial charge >= 0.3 is 49.5 Å². The molecule has 0 aromatic heterocycles. The molecule has 0 N–H and O–H groups in total. The van der Waals surface area contributed by atoms with E-state index in [0.717, 1.165) is 0 Å². The molecule has 1 nitrogen and oxygen atoms in total. The summed E-state index contributed by atoms with van der Waals surface area (Å²) in [6.45, 7) is 0. The van der Waals surface area contributed by atoms with E-state index in [1.165, 1.54) is 0 Å². The average Bonchev–Trinajstić information content (AvgIpc) is 1.19. The van der Waals surface area contributed by atoms with Gasteiger partial charge in [0.1, 0.15) is 0 Å². The van der Waals surface area contributed by atoms with Crippen LogP contribution < -0.4 is 0 Å². The van der Waals surface area contributed by atoms with Crippen LogP contribution in [0.1, 0.15) is 0 Å².